The van der Waals surface area contributed by atoms with E-state index in [0.717, 1.165) is 31.3 Å². The van der Waals surface area contributed by atoms with Crippen LogP contribution in [0.1, 0.15) is 58.3 Å². The van der Waals surface area contributed by atoms with Crippen molar-refractivity contribution in [3.05, 3.63) is 11.6 Å². The van der Waals surface area contributed by atoms with Gasteiger partial charge in [-0.25, -0.2) is 0 Å². The maximum absolute atomic E-state index is 12.5. The fourth-order valence-corrected chi connectivity index (χ4v) is 6.67. The van der Waals surface area contributed by atoms with Gasteiger partial charge in [-0.1, -0.05) is 6.92 Å². The topological polar surface area (TPSA) is 54.4 Å². The Hall–Kier alpha value is -1.40. The summed E-state index contributed by atoms with van der Waals surface area (Å²) in [5, 5.41) is 10.8. The molecule has 0 aromatic rings. The zero-order chi connectivity index (χ0) is 17.1. The second-order valence-electron chi connectivity index (χ2n) is 8.65. The highest BCUT2D eigenvalue weighted by Crippen LogP contribution is 2.65. The van der Waals surface area contributed by atoms with Crippen molar-refractivity contribution in [2.45, 2.75) is 64.4 Å². The Bertz CT molecular complexity index is 669. The van der Waals surface area contributed by atoms with E-state index in [1.165, 1.54) is 0 Å². The minimum atomic E-state index is -0.582. The molecule has 6 atom stereocenters. The van der Waals surface area contributed by atoms with Crippen LogP contribution in [0.3, 0.4) is 0 Å². The fourth-order valence-electron chi connectivity index (χ4n) is 6.67. The van der Waals surface area contributed by atoms with Gasteiger partial charge in [-0.05, 0) is 61.5 Å². The predicted octanol–water partition coefficient (Wildman–Crippen LogP) is 3.06. The number of aliphatic hydroxyl groups excluding tert-OH is 1. The molecule has 3 saturated carbocycles. The molecule has 3 heteroatoms. The molecule has 0 aromatic heterocycles. The maximum atomic E-state index is 12.5. The van der Waals surface area contributed by atoms with Crippen LogP contribution < -0.4 is 0 Å². The number of carbonyl (C=O) groups excluding carboxylic acids is 2. The lowest BCUT2D eigenvalue weighted by Crippen LogP contribution is -2.55. The summed E-state index contributed by atoms with van der Waals surface area (Å²) in [5.41, 5.74) is 0.466. The van der Waals surface area contributed by atoms with E-state index in [9.17, 15) is 14.7 Å². The summed E-state index contributed by atoms with van der Waals surface area (Å²) in [4.78, 5) is 24.4. The second-order valence-corrected chi connectivity index (χ2v) is 8.65. The lowest BCUT2D eigenvalue weighted by atomic mass is 9.45. The molecule has 0 amide bonds. The molecule has 0 radical (unpaired) electrons. The lowest BCUT2D eigenvalue weighted by Gasteiger charge is -2.58. The van der Waals surface area contributed by atoms with E-state index in [0.29, 0.717) is 49.2 Å². The molecule has 4 aliphatic rings. The van der Waals surface area contributed by atoms with E-state index in [2.05, 4.69) is 12.8 Å². The first-order valence-corrected chi connectivity index (χ1v) is 9.32. The minimum Gasteiger partial charge on any atom is -0.389 e. The number of aliphatic hydroxyl groups is 1. The molecule has 4 aliphatic carbocycles. The van der Waals surface area contributed by atoms with Gasteiger partial charge < -0.3 is 5.11 Å². The minimum absolute atomic E-state index is 0.117. The molecule has 4 rings (SSSR count). The summed E-state index contributed by atoms with van der Waals surface area (Å²) in [6, 6.07) is 0. The van der Waals surface area contributed by atoms with E-state index < -0.39 is 6.10 Å². The van der Waals surface area contributed by atoms with Gasteiger partial charge in [0.1, 0.15) is 5.78 Å². The van der Waals surface area contributed by atoms with Crippen molar-refractivity contribution in [2.75, 3.05) is 0 Å². The van der Waals surface area contributed by atoms with E-state index >= 15 is 0 Å². The zero-order valence-corrected chi connectivity index (χ0v) is 14.4. The molecule has 0 spiro atoms. The van der Waals surface area contributed by atoms with Crippen molar-refractivity contribution in [1.29, 1.82) is 0 Å². The van der Waals surface area contributed by atoms with Gasteiger partial charge in [-0.2, -0.15) is 0 Å². The van der Waals surface area contributed by atoms with Gasteiger partial charge in [0.15, 0.2) is 5.78 Å². The summed E-state index contributed by atoms with van der Waals surface area (Å²) < 4.78 is 0. The summed E-state index contributed by atoms with van der Waals surface area (Å²) >= 11 is 0. The fraction of sp³-hybridized carbons (Fsp3) is 0.714. The summed E-state index contributed by atoms with van der Waals surface area (Å²) in [6.45, 7) is 2.14. The van der Waals surface area contributed by atoms with Gasteiger partial charge >= 0.3 is 0 Å². The zero-order valence-electron chi connectivity index (χ0n) is 14.4. The van der Waals surface area contributed by atoms with Gasteiger partial charge in [0, 0.05) is 30.1 Å². The highest BCUT2D eigenvalue weighted by Gasteiger charge is 2.61. The highest BCUT2D eigenvalue weighted by molar-refractivity contribution is 5.92. The van der Waals surface area contributed by atoms with Crippen LogP contribution in [0.2, 0.25) is 0 Å². The van der Waals surface area contributed by atoms with Crippen LogP contribution in [-0.4, -0.2) is 22.8 Å². The molecule has 128 valence electrons. The normalized spacial score (nSPS) is 47.3. The van der Waals surface area contributed by atoms with E-state index in [1.807, 2.05) is 0 Å². The summed E-state index contributed by atoms with van der Waals surface area (Å²) in [7, 11) is 0. The first-order valence-electron chi connectivity index (χ1n) is 9.32. The molecular formula is C21H26O3. The number of ketones is 2. The van der Waals surface area contributed by atoms with Gasteiger partial charge in [-0.3, -0.25) is 9.59 Å². The summed E-state index contributed by atoms with van der Waals surface area (Å²) in [5.74, 6) is 4.49. The number of hydrogen-bond acceptors (Lipinski definition) is 3. The van der Waals surface area contributed by atoms with E-state index in [-0.39, 0.29) is 16.6 Å². The Labute approximate surface area is 143 Å². The SMILES string of the molecule is C#CC[C@]12CCC(=O)C=C1[C@H](O)C[C@@H]1[C@@H]2CC[C@]2(C)C(=O)CC[C@@H]12. The largest absolute Gasteiger partial charge is 0.389 e. The van der Waals surface area contributed by atoms with Crippen molar-refractivity contribution in [3.63, 3.8) is 0 Å². The third-order valence-electron chi connectivity index (χ3n) is 7.84. The Morgan fingerprint density at radius 2 is 2.04 bits per heavy atom. The molecule has 24 heavy (non-hydrogen) atoms. The number of carbonyl (C=O) groups is 2. The molecule has 3 nitrogen and oxygen atoms in total. The number of Topliss-reactive ketones (excluding diaryl/α,β-unsaturated/α-hetero) is 1. The maximum Gasteiger partial charge on any atom is 0.155 e. The van der Waals surface area contributed by atoms with Crippen molar-refractivity contribution in [2.24, 2.45) is 28.6 Å². The third kappa shape index (κ3) is 1.96. The van der Waals surface area contributed by atoms with Crippen molar-refractivity contribution < 1.29 is 14.7 Å². The molecule has 0 heterocycles. The molecule has 0 saturated heterocycles. The average molecular weight is 326 g/mol. The van der Waals surface area contributed by atoms with Crippen LogP contribution in [-0.2, 0) is 9.59 Å². The van der Waals surface area contributed by atoms with Gasteiger partial charge in [0.05, 0.1) is 6.10 Å². The quantitative estimate of drug-likeness (QED) is 0.754. The Kier molecular flexibility index (Phi) is 3.55. The molecule has 0 unspecified atom stereocenters. The van der Waals surface area contributed by atoms with Crippen LogP contribution in [0.4, 0.5) is 0 Å². The van der Waals surface area contributed by atoms with Crippen LogP contribution in [0.25, 0.3) is 0 Å². The van der Waals surface area contributed by atoms with Crippen molar-refractivity contribution in [3.8, 4) is 12.3 Å². The Balaban J connectivity index is 1.79. The number of fused-ring (bicyclic) bond motifs is 5. The third-order valence-corrected chi connectivity index (χ3v) is 7.84. The molecule has 3 fully saturated rings. The molecule has 0 bridgehead atoms. The molecule has 0 aliphatic heterocycles. The van der Waals surface area contributed by atoms with Gasteiger partial charge in [-0.15, -0.1) is 12.3 Å². The predicted molar refractivity (Wildman–Crippen MR) is 90.9 cm³/mol. The van der Waals surface area contributed by atoms with Crippen LogP contribution in [0.5, 0.6) is 0 Å². The van der Waals surface area contributed by atoms with Gasteiger partial charge in [0.2, 0.25) is 0 Å². The lowest BCUT2D eigenvalue weighted by molar-refractivity contribution is -0.135. The number of hydrogen-bond donors (Lipinski definition) is 1. The first-order chi connectivity index (χ1) is 11.4. The van der Waals surface area contributed by atoms with Crippen molar-refractivity contribution in [1.82, 2.24) is 0 Å². The van der Waals surface area contributed by atoms with Crippen LogP contribution in [0, 0.1) is 40.9 Å². The smallest absolute Gasteiger partial charge is 0.155 e. The number of terminal acetylenes is 1. The van der Waals surface area contributed by atoms with Gasteiger partial charge in [0.25, 0.3) is 0 Å². The standard InChI is InChI=1S/C21H26O3/c1-3-8-21-10-6-13(22)11-17(21)18(23)12-14-15-4-5-19(24)20(15,2)9-7-16(14)21/h1,11,14-16,18,23H,4-10,12H2,2H3/t14-,15-,16-,18+,20-,21+/m0/s1. The van der Waals surface area contributed by atoms with Crippen LogP contribution >= 0.6 is 0 Å². The van der Waals surface area contributed by atoms with Crippen molar-refractivity contribution >= 4 is 11.6 Å². The van der Waals surface area contributed by atoms with E-state index in [1.54, 1.807) is 6.08 Å². The average Bonchev–Trinajstić information content (AvgIpc) is 2.85. The van der Waals surface area contributed by atoms with Crippen LogP contribution in [0.15, 0.2) is 11.6 Å². The van der Waals surface area contributed by atoms with E-state index in [4.69, 9.17) is 6.42 Å². The molecule has 0 aromatic carbocycles. The molecular weight excluding hydrogens is 300 g/mol. The Morgan fingerprint density at radius 3 is 2.79 bits per heavy atom. The number of rotatable bonds is 1. The first kappa shape index (κ1) is 16.1. The highest BCUT2D eigenvalue weighted by atomic mass is 16.3. The monoisotopic (exact) mass is 326 g/mol. The molecule has 1 N–H and O–H groups in total. The summed E-state index contributed by atoms with van der Waals surface area (Å²) in [6.07, 6.45) is 13.0. The second kappa shape index (κ2) is 5.30. The Morgan fingerprint density at radius 1 is 1.25 bits per heavy atom.